The van der Waals surface area contributed by atoms with Gasteiger partial charge in [0.2, 0.25) is 0 Å². The van der Waals surface area contributed by atoms with E-state index in [0.717, 1.165) is 12.1 Å². The van der Waals surface area contributed by atoms with Gasteiger partial charge in [0.1, 0.15) is 0 Å². The first-order chi connectivity index (χ1) is 9.86. The Morgan fingerprint density at radius 3 is 2.48 bits per heavy atom. The zero-order valence-electron chi connectivity index (χ0n) is 10.8. The SMILES string of the molecule is O=C(O)c1cccc(NCc2cccc(C(F)(F)F)c2)c1. The van der Waals surface area contributed by atoms with Crippen LogP contribution in [0.15, 0.2) is 48.5 Å². The van der Waals surface area contributed by atoms with Gasteiger partial charge < -0.3 is 10.4 Å². The van der Waals surface area contributed by atoms with Gasteiger partial charge in [0, 0.05) is 12.2 Å². The number of benzene rings is 2. The molecule has 0 aliphatic carbocycles. The molecule has 0 fully saturated rings. The van der Waals surface area contributed by atoms with E-state index in [1.807, 2.05) is 0 Å². The molecule has 110 valence electrons. The molecule has 0 aliphatic heterocycles. The number of carbonyl (C=O) groups is 1. The molecule has 3 nitrogen and oxygen atoms in total. The fraction of sp³-hybridized carbons (Fsp3) is 0.133. The van der Waals surface area contributed by atoms with Crippen LogP contribution in [-0.2, 0) is 12.7 Å². The fourth-order valence-electron chi connectivity index (χ4n) is 1.82. The molecular formula is C15H12F3NO2. The first-order valence-corrected chi connectivity index (χ1v) is 6.09. The number of rotatable bonds is 4. The minimum Gasteiger partial charge on any atom is -0.478 e. The largest absolute Gasteiger partial charge is 0.478 e. The first-order valence-electron chi connectivity index (χ1n) is 6.09. The Kier molecular flexibility index (Phi) is 4.16. The normalized spacial score (nSPS) is 11.2. The maximum atomic E-state index is 12.6. The Bertz CT molecular complexity index is 653. The number of alkyl halides is 3. The average Bonchev–Trinajstić information content (AvgIpc) is 2.45. The van der Waals surface area contributed by atoms with E-state index in [-0.39, 0.29) is 12.1 Å². The zero-order valence-corrected chi connectivity index (χ0v) is 10.8. The summed E-state index contributed by atoms with van der Waals surface area (Å²) in [5.41, 5.74) is 0.406. The van der Waals surface area contributed by atoms with Gasteiger partial charge in [-0.25, -0.2) is 4.79 Å². The quantitative estimate of drug-likeness (QED) is 0.895. The predicted octanol–water partition coefficient (Wildman–Crippen LogP) is 4.02. The molecule has 0 saturated heterocycles. The van der Waals surface area contributed by atoms with Crippen molar-refractivity contribution in [2.45, 2.75) is 12.7 Å². The van der Waals surface area contributed by atoms with Crippen LogP contribution in [0, 0.1) is 0 Å². The molecule has 2 N–H and O–H groups in total. The second-order valence-electron chi connectivity index (χ2n) is 4.44. The molecule has 2 rings (SSSR count). The monoisotopic (exact) mass is 295 g/mol. The molecule has 0 amide bonds. The molecule has 0 aromatic heterocycles. The van der Waals surface area contributed by atoms with Gasteiger partial charge in [-0.05, 0) is 35.9 Å². The Balaban J connectivity index is 2.10. The number of hydrogen-bond donors (Lipinski definition) is 2. The van der Waals surface area contributed by atoms with Gasteiger partial charge >= 0.3 is 12.1 Å². The van der Waals surface area contributed by atoms with E-state index >= 15 is 0 Å². The summed E-state index contributed by atoms with van der Waals surface area (Å²) < 4.78 is 37.8. The zero-order chi connectivity index (χ0) is 15.5. The number of halogens is 3. The van der Waals surface area contributed by atoms with Crippen LogP contribution in [0.1, 0.15) is 21.5 Å². The number of carboxylic acid groups (broad SMARTS) is 1. The average molecular weight is 295 g/mol. The van der Waals surface area contributed by atoms with E-state index in [4.69, 9.17) is 5.11 Å². The van der Waals surface area contributed by atoms with Gasteiger partial charge in [0.05, 0.1) is 11.1 Å². The van der Waals surface area contributed by atoms with Gasteiger partial charge in [0.25, 0.3) is 0 Å². The molecule has 0 spiro atoms. The molecule has 0 aliphatic rings. The van der Waals surface area contributed by atoms with Crippen LogP contribution in [0.5, 0.6) is 0 Å². The number of carboxylic acids is 1. The van der Waals surface area contributed by atoms with Gasteiger partial charge in [-0.1, -0.05) is 18.2 Å². The molecule has 2 aromatic carbocycles. The van der Waals surface area contributed by atoms with Gasteiger partial charge in [-0.15, -0.1) is 0 Å². The second-order valence-corrected chi connectivity index (χ2v) is 4.44. The third-order valence-electron chi connectivity index (χ3n) is 2.86. The van der Waals surface area contributed by atoms with Crippen molar-refractivity contribution < 1.29 is 23.1 Å². The summed E-state index contributed by atoms with van der Waals surface area (Å²) in [6, 6.07) is 11.1. The maximum Gasteiger partial charge on any atom is 0.416 e. The minimum absolute atomic E-state index is 0.115. The van der Waals surface area contributed by atoms with Gasteiger partial charge in [-0.2, -0.15) is 13.2 Å². The van der Waals surface area contributed by atoms with Crippen LogP contribution in [0.2, 0.25) is 0 Å². The summed E-state index contributed by atoms with van der Waals surface area (Å²) in [7, 11) is 0. The Hall–Kier alpha value is -2.50. The van der Waals surface area contributed by atoms with Crippen LogP contribution < -0.4 is 5.32 Å². The Morgan fingerprint density at radius 2 is 1.81 bits per heavy atom. The fourth-order valence-corrected chi connectivity index (χ4v) is 1.82. The van der Waals surface area contributed by atoms with Crippen molar-refractivity contribution in [3.63, 3.8) is 0 Å². The summed E-state index contributed by atoms with van der Waals surface area (Å²) in [4.78, 5) is 10.8. The van der Waals surface area contributed by atoms with Crippen LogP contribution in [0.4, 0.5) is 18.9 Å². The smallest absolute Gasteiger partial charge is 0.416 e. The van der Waals surface area contributed by atoms with E-state index in [1.54, 1.807) is 18.2 Å². The standard InChI is InChI=1S/C15H12F3NO2/c16-15(17,18)12-5-1-3-10(7-12)9-19-13-6-2-4-11(8-13)14(20)21/h1-8,19H,9H2,(H,20,21). The molecule has 2 aromatic rings. The molecule has 6 heteroatoms. The molecule has 0 saturated carbocycles. The second kappa shape index (κ2) is 5.87. The van der Waals surface area contributed by atoms with E-state index in [2.05, 4.69) is 5.32 Å². The third-order valence-corrected chi connectivity index (χ3v) is 2.86. The highest BCUT2D eigenvalue weighted by Crippen LogP contribution is 2.29. The number of nitrogens with one attached hydrogen (secondary N) is 1. The molecule has 21 heavy (non-hydrogen) atoms. The van der Waals surface area contributed by atoms with Crippen molar-refractivity contribution in [2.75, 3.05) is 5.32 Å². The lowest BCUT2D eigenvalue weighted by Gasteiger charge is -2.10. The lowest BCUT2D eigenvalue weighted by molar-refractivity contribution is -0.137. The molecule has 0 atom stereocenters. The molecule has 0 heterocycles. The van der Waals surface area contributed by atoms with E-state index in [1.165, 1.54) is 18.2 Å². The Labute approximate surface area is 119 Å². The summed E-state index contributed by atoms with van der Waals surface area (Å²) in [5.74, 6) is -1.06. The molecule has 0 bridgehead atoms. The van der Waals surface area contributed by atoms with Crippen molar-refractivity contribution in [1.29, 1.82) is 0 Å². The number of anilines is 1. The van der Waals surface area contributed by atoms with Crippen molar-refractivity contribution in [3.8, 4) is 0 Å². The minimum atomic E-state index is -4.38. The van der Waals surface area contributed by atoms with Crippen LogP contribution in [0.25, 0.3) is 0 Å². The molecular weight excluding hydrogens is 283 g/mol. The molecule has 0 radical (unpaired) electrons. The predicted molar refractivity (Wildman–Crippen MR) is 72.2 cm³/mol. The third kappa shape index (κ3) is 3.98. The summed E-state index contributed by atoms with van der Waals surface area (Å²) in [6.45, 7) is 0.174. The van der Waals surface area contributed by atoms with E-state index in [9.17, 15) is 18.0 Å². The highest BCUT2D eigenvalue weighted by molar-refractivity contribution is 5.88. The first kappa shape index (κ1) is 14.9. The van der Waals surface area contributed by atoms with Crippen LogP contribution in [0.3, 0.4) is 0 Å². The molecule has 0 unspecified atom stereocenters. The summed E-state index contributed by atoms with van der Waals surface area (Å²) >= 11 is 0. The summed E-state index contributed by atoms with van der Waals surface area (Å²) in [5, 5.41) is 11.8. The van der Waals surface area contributed by atoms with Crippen LogP contribution >= 0.6 is 0 Å². The highest BCUT2D eigenvalue weighted by Gasteiger charge is 2.30. The number of hydrogen-bond acceptors (Lipinski definition) is 2. The van der Waals surface area contributed by atoms with Crippen LogP contribution in [-0.4, -0.2) is 11.1 Å². The van der Waals surface area contributed by atoms with Crippen molar-refractivity contribution in [1.82, 2.24) is 0 Å². The van der Waals surface area contributed by atoms with E-state index < -0.39 is 17.7 Å². The van der Waals surface area contributed by atoms with Crippen molar-refractivity contribution in [2.24, 2.45) is 0 Å². The lowest BCUT2D eigenvalue weighted by Crippen LogP contribution is -2.07. The maximum absolute atomic E-state index is 12.6. The van der Waals surface area contributed by atoms with Gasteiger partial charge in [-0.3, -0.25) is 0 Å². The van der Waals surface area contributed by atoms with Crippen molar-refractivity contribution >= 4 is 11.7 Å². The highest BCUT2D eigenvalue weighted by atomic mass is 19.4. The van der Waals surface area contributed by atoms with Crippen molar-refractivity contribution in [3.05, 3.63) is 65.2 Å². The topological polar surface area (TPSA) is 49.3 Å². The lowest BCUT2D eigenvalue weighted by atomic mass is 10.1. The summed E-state index contributed by atoms with van der Waals surface area (Å²) in [6.07, 6.45) is -4.38. The number of aromatic carboxylic acids is 1. The van der Waals surface area contributed by atoms with E-state index in [0.29, 0.717) is 11.3 Å². The Morgan fingerprint density at radius 1 is 1.10 bits per heavy atom. The van der Waals surface area contributed by atoms with Gasteiger partial charge in [0.15, 0.2) is 0 Å².